The summed E-state index contributed by atoms with van der Waals surface area (Å²) in [6.07, 6.45) is 5.07. The van der Waals surface area contributed by atoms with Gasteiger partial charge in [0.1, 0.15) is 6.61 Å². The Bertz CT molecular complexity index is 383. The number of nitrogens with one attached hydrogen (secondary N) is 1. The minimum Gasteiger partial charge on any atom is -0.399 e. The van der Waals surface area contributed by atoms with Crippen molar-refractivity contribution < 1.29 is 9.53 Å². The molecule has 4 nitrogen and oxygen atoms in total. The molecular formula is C14H20N2O2. The Kier molecular flexibility index (Phi) is 4.59. The molecule has 0 aromatic heterocycles. The van der Waals surface area contributed by atoms with Crippen molar-refractivity contribution in [2.24, 2.45) is 5.92 Å². The zero-order valence-corrected chi connectivity index (χ0v) is 10.5. The summed E-state index contributed by atoms with van der Waals surface area (Å²) in [7, 11) is 0. The number of carbonyl (C=O) groups is 1. The molecule has 0 spiro atoms. The molecule has 1 aromatic carbocycles. The standard InChI is InChI=1S/C14H20N2O2/c15-12-5-7-13(8-6-12)16-14(17)10-18-9-11-3-1-2-4-11/h5-8,11H,1-4,9-10,15H2,(H,16,17). The van der Waals surface area contributed by atoms with Crippen molar-refractivity contribution in [2.75, 3.05) is 24.3 Å². The minimum absolute atomic E-state index is 0.113. The Balaban J connectivity index is 1.66. The summed E-state index contributed by atoms with van der Waals surface area (Å²) in [5.41, 5.74) is 7.00. The van der Waals surface area contributed by atoms with Gasteiger partial charge >= 0.3 is 0 Å². The SMILES string of the molecule is Nc1ccc(NC(=O)COCC2CCCC2)cc1. The van der Waals surface area contributed by atoms with Crippen LogP contribution in [0.15, 0.2) is 24.3 Å². The first-order valence-electron chi connectivity index (χ1n) is 6.47. The van der Waals surface area contributed by atoms with Gasteiger partial charge in [-0.05, 0) is 43.0 Å². The largest absolute Gasteiger partial charge is 0.399 e. The van der Waals surface area contributed by atoms with Gasteiger partial charge in [-0.1, -0.05) is 12.8 Å². The van der Waals surface area contributed by atoms with Gasteiger partial charge < -0.3 is 15.8 Å². The molecule has 98 valence electrons. The highest BCUT2D eigenvalue weighted by atomic mass is 16.5. The second-order valence-corrected chi connectivity index (χ2v) is 4.84. The van der Waals surface area contributed by atoms with Crippen LogP contribution in [0.4, 0.5) is 11.4 Å². The number of benzene rings is 1. The van der Waals surface area contributed by atoms with Gasteiger partial charge in [-0.3, -0.25) is 4.79 Å². The van der Waals surface area contributed by atoms with E-state index in [-0.39, 0.29) is 12.5 Å². The van der Waals surface area contributed by atoms with Crippen LogP contribution in [-0.2, 0) is 9.53 Å². The van der Waals surface area contributed by atoms with E-state index in [2.05, 4.69) is 5.32 Å². The number of rotatable bonds is 5. The summed E-state index contributed by atoms with van der Waals surface area (Å²) < 4.78 is 5.44. The Morgan fingerprint density at radius 2 is 1.94 bits per heavy atom. The van der Waals surface area contributed by atoms with Crippen molar-refractivity contribution in [1.29, 1.82) is 0 Å². The summed E-state index contributed by atoms with van der Waals surface area (Å²) in [6.45, 7) is 0.829. The minimum atomic E-state index is -0.113. The van der Waals surface area contributed by atoms with Crippen molar-refractivity contribution in [3.05, 3.63) is 24.3 Å². The Labute approximate surface area is 108 Å². The van der Waals surface area contributed by atoms with Crippen LogP contribution in [0.3, 0.4) is 0 Å². The Morgan fingerprint density at radius 3 is 2.61 bits per heavy atom. The third kappa shape index (κ3) is 4.04. The topological polar surface area (TPSA) is 64.3 Å². The molecule has 2 rings (SSSR count). The van der Waals surface area contributed by atoms with Crippen molar-refractivity contribution in [1.82, 2.24) is 0 Å². The molecule has 0 unspecified atom stereocenters. The maximum Gasteiger partial charge on any atom is 0.250 e. The summed E-state index contributed by atoms with van der Waals surface area (Å²) in [4.78, 5) is 11.6. The molecule has 3 N–H and O–H groups in total. The molecule has 0 saturated heterocycles. The van der Waals surface area contributed by atoms with Gasteiger partial charge in [-0.15, -0.1) is 0 Å². The average molecular weight is 248 g/mol. The summed E-state index contributed by atoms with van der Waals surface area (Å²) in [5.74, 6) is 0.534. The molecule has 1 aliphatic rings. The third-order valence-corrected chi connectivity index (χ3v) is 3.26. The van der Waals surface area contributed by atoms with Crippen molar-refractivity contribution >= 4 is 17.3 Å². The predicted octanol–water partition coefficient (Wildman–Crippen LogP) is 2.41. The zero-order chi connectivity index (χ0) is 12.8. The molecule has 1 fully saturated rings. The van der Waals surface area contributed by atoms with Crippen LogP contribution >= 0.6 is 0 Å². The van der Waals surface area contributed by atoms with E-state index < -0.39 is 0 Å². The van der Waals surface area contributed by atoms with Gasteiger partial charge in [-0.25, -0.2) is 0 Å². The number of carbonyl (C=O) groups excluding carboxylic acids is 1. The lowest BCUT2D eigenvalue weighted by Crippen LogP contribution is -2.20. The fourth-order valence-electron chi connectivity index (χ4n) is 2.26. The monoisotopic (exact) mass is 248 g/mol. The van der Waals surface area contributed by atoms with Crippen LogP contribution < -0.4 is 11.1 Å². The molecule has 1 aromatic rings. The number of hydrogen-bond acceptors (Lipinski definition) is 3. The molecule has 0 atom stereocenters. The lowest BCUT2D eigenvalue weighted by atomic mass is 10.1. The number of hydrogen-bond donors (Lipinski definition) is 2. The van der Waals surface area contributed by atoms with Gasteiger partial charge in [0, 0.05) is 11.4 Å². The second-order valence-electron chi connectivity index (χ2n) is 4.84. The molecule has 1 amide bonds. The third-order valence-electron chi connectivity index (χ3n) is 3.26. The first-order valence-corrected chi connectivity index (χ1v) is 6.47. The van der Waals surface area contributed by atoms with E-state index in [4.69, 9.17) is 10.5 Å². The molecule has 18 heavy (non-hydrogen) atoms. The number of nitrogen functional groups attached to an aromatic ring is 1. The van der Waals surface area contributed by atoms with Crippen molar-refractivity contribution in [3.8, 4) is 0 Å². The van der Waals surface area contributed by atoms with E-state index >= 15 is 0 Å². The number of amides is 1. The molecule has 0 radical (unpaired) electrons. The highest BCUT2D eigenvalue weighted by molar-refractivity contribution is 5.91. The van der Waals surface area contributed by atoms with E-state index in [0.29, 0.717) is 18.2 Å². The summed E-state index contributed by atoms with van der Waals surface area (Å²) >= 11 is 0. The molecule has 0 heterocycles. The van der Waals surface area contributed by atoms with Gasteiger partial charge in [0.2, 0.25) is 5.91 Å². The smallest absolute Gasteiger partial charge is 0.250 e. The summed E-state index contributed by atoms with van der Waals surface area (Å²) in [5, 5.41) is 2.78. The zero-order valence-electron chi connectivity index (χ0n) is 10.5. The van der Waals surface area contributed by atoms with E-state index in [0.717, 1.165) is 5.69 Å². The Morgan fingerprint density at radius 1 is 1.28 bits per heavy atom. The van der Waals surface area contributed by atoms with Gasteiger partial charge in [0.15, 0.2) is 0 Å². The van der Waals surface area contributed by atoms with E-state index in [1.807, 2.05) is 0 Å². The molecule has 1 aliphatic carbocycles. The fourth-order valence-corrected chi connectivity index (χ4v) is 2.26. The van der Waals surface area contributed by atoms with Gasteiger partial charge in [-0.2, -0.15) is 0 Å². The van der Waals surface area contributed by atoms with E-state index in [1.54, 1.807) is 24.3 Å². The van der Waals surface area contributed by atoms with Crippen LogP contribution in [0, 0.1) is 5.92 Å². The highest BCUT2D eigenvalue weighted by Gasteiger charge is 2.15. The first-order chi connectivity index (χ1) is 8.74. The number of anilines is 2. The van der Waals surface area contributed by atoms with Crippen LogP contribution in [0.25, 0.3) is 0 Å². The van der Waals surface area contributed by atoms with E-state index in [1.165, 1.54) is 25.7 Å². The van der Waals surface area contributed by atoms with Crippen LogP contribution in [0.1, 0.15) is 25.7 Å². The van der Waals surface area contributed by atoms with Crippen LogP contribution in [0.5, 0.6) is 0 Å². The van der Waals surface area contributed by atoms with Crippen molar-refractivity contribution in [2.45, 2.75) is 25.7 Å². The van der Waals surface area contributed by atoms with Gasteiger partial charge in [0.25, 0.3) is 0 Å². The molecule has 0 bridgehead atoms. The predicted molar refractivity (Wildman–Crippen MR) is 72.3 cm³/mol. The Hall–Kier alpha value is -1.55. The number of nitrogens with two attached hydrogens (primary N) is 1. The first kappa shape index (κ1) is 12.9. The molecular weight excluding hydrogens is 228 g/mol. The quantitative estimate of drug-likeness (QED) is 0.786. The second kappa shape index (κ2) is 6.40. The van der Waals surface area contributed by atoms with Crippen molar-refractivity contribution in [3.63, 3.8) is 0 Å². The summed E-state index contributed by atoms with van der Waals surface area (Å²) in [6, 6.07) is 7.08. The maximum absolute atomic E-state index is 11.6. The van der Waals surface area contributed by atoms with Gasteiger partial charge in [0.05, 0.1) is 6.61 Å². The molecule has 0 aliphatic heterocycles. The van der Waals surface area contributed by atoms with Crippen LogP contribution in [-0.4, -0.2) is 19.1 Å². The number of ether oxygens (including phenoxy) is 1. The fraction of sp³-hybridized carbons (Fsp3) is 0.500. The average Bonchev–Trinajstić information content (AvgIpc) is 2.85. The highest BCUT2D eigenvalue weighted by Crippen LogP contribution is 2.24. The normalized spacial score (nSPS) is 15.8. The van der Waals surface area contributed by atoms with E-state index in [9.17, 15) is 4.79 Å². The lowest BCUT2D eigenvalue weighted by Gasteiger charge is -2.10. The molecule has 4 heteroatoms. The lowest BCUT2D eigenvalue weighted by molar-refractivity contribution is -0.121. The maximum atomic E-state index is 11.6. The van der Waals surface area contributed by atoms with Crippen LogP contribution in [0.2, 0.25) is 0 Å². The molecule has 1 saturated carbocycles.